The van der Waals surface area contributed by atoms with Crippen LogP contribution in [0.25, 0.3) is 0 Å². The summed E-state index contributed by atoms with van der Waals surface area (Å²) in [5.74, 6) is 0.597. The van der Waals surface area contributed by atoms with Gasteiger partial charge >= 0.3 is 0 Å². The van der Waals surface area contributed by atoms with Gasteiger partial charge in [0.2, 0.25) is 0 Å². The van der Waals surface area contributed by atoms with Crippen molar-refractivity contribution in [1.29, 1.82) is 0 Å². The molecule has 0 saturated heterocycles. The number of hydrogen-bond acceptors (Lipinski definition) is 4. The van der Waals surface area contributed by atoms with Gasteiger partial charge in [-0.05, 0) is 48.9 Å². The molecule has 0 saturated carbocycles. The third kappa shape index (κ3) is 1.60. The van der Waals surface area contributed by atoms with Crippen LogP contribution in [0.15, 0.2) is 52.5 Å². The highest BCUT2D eigenvalue weighted by molar-refractivity contribution is 8.03. The maximum absolute atomic E-state index is 13.0. The summed E-state index contributed by atoms with van der Waals surface area (Å²) >= 11 is 1.80. The molecule has 102 valence electrons. The average molecular weight is 287 g/mol. The Morgan fingerprint density at radius 1 is 1.40 bits per heavy atom. The van der Waals surface area contributed by atoms with Gasteiger partial charge in [0.05, 0.1) is 5.37 Å². The lowest BCUT2D eigenvalue weighted by Crippen LogP contribution is -2.49. The Morgan fingerprint density at radius 3 is 3.00 bits per heavy atom. The summed E-state index contributed by atoms with van der Waals surface area (Å²) < 4.78 is 13.0. The van der Waals surface area contributed by atoms with Gasteiger partial charge in [0, 0.05) is 17.8 Å². The minimum atomic E-state index is -0.304. The van der Waals surface area contributed by atoms with E-state index in [2.05, 4.69) is 34.8 Å². The van der Waals surface area contributed by atoms with Gasteiger partial charge in [-0.2, -0.15) is 0 Å². The van der Waals surface area contributed by atoms with Crippen LogP contribution in [-0.4, -0.2) is 35.2 Å². The standard InChI is InChI=1S/C15H14FN3S/c1-19-8-6-12-15(7-9-20-14(15)19)18-13(17-12)10-2-4-11(16)5-3-10/h2-7,9,14H,8H2,1H3,(H,17,18). The Hall–Kier alpha value is -1.59. The molecule has 0 aliphatic carbocycles. The summed E-state index contributed by atoms with van der Waals surface area (Å²) in [4.78, 5) is 7.22. The predicted octanol–water partition coefficient (Wildman–Crippen LogP) is 2.33. The van der Waals surface area contributed by atoms with Gasteiger partial charge in [0.1, 0.15) is 17.2 Å². The lowest BCUT2D eigenvalue weighted by molar-refractivity contribution is 0.278. The molecule has 5 heteroatoms. The highest BCUT2D eigenvalue weighted by Gasteiger charge is 2.51. The summed E-state index contributed by atoms with van der Waals surface area (Å²) in [6, 6.07) is 6.47. The Bertz CT molecular complexity index is 650. The zero-order valence-electron chi connectivity index (χ0n) is 11.0. The van der Waals surface area contributed by atoms with Crippen molar-refractivity contribution >= 4 is 17.6 Å². The molecule has 0 bridgehead atoms. The second-order valence-electron chi connectivity index (χ2n) is 5.27. The topological polar surface area (TPSA) is 27.6 Å². The van der Waals surface area contributed by atoms with Gasteiger partial charge in [-0.25, -0.2) is 9.38 Å². The monoisotopic (exact) mass is 287 g/mol. The molecular formula is C15H14FN3S. The highest BCUT2D eigenvalue weighted by atomic mass is 32.2. The van der Waals surface area contributed by atoms with Crippen LogP contribution in [0.4, 0.5) is 4.39 Å². The molecule has 3 heterocycles. The Morgan fingerprint density at radius 2 is 2.20 bits per heavy atom. The molecule has 0 aromatic heterocycles. The molecule has 0 radical (unpaired) electrons. The van der Waals surface area contributed by atoms with Crippen LogP contribution in [0.2, 0.25) is 0 Å². The molecule has 20 heavy (non-hydrogen) atoms. The van der Waals surface area contributed by atoms with Crippen molar-refractivity contribution in [2.24, 2.45) is 4.99 Å². The van der Waals surface area contributed by atoms with Crippen molar-refractivity contribution in [2.45, 2.75) is 10.9 Å². The van der Waals surface area contributed by atoms with Crippen LogP contribution in [0, 0.1) is 5.82 Å². The van der Waals surface area contributed by atoms with E-state index in [1.807, 2.05) is 0 Å². The van der Waals surface area contributed by atoms with E-state index in [1.165, 1.54) is 12.1 Å². The van der Waals surface area contributed by atoms with Crippen LogP contribution in [0.5, 0.6) is 0 Å². The zero-order chi connectivity index (χ0) is 13.7. The first kappa shape index (κ1) is 12.2. The lowest BCUT2D eigenvalue weighted by atomic mass is 9.93. The van der Waals surface area contributed by atoms with E-state index >= 15 is 0 Å². The number of benzene rings is 1. The normalized spacial score (nSPS) is 31.4. The van der Waals surface area contributed by atoms with Crippen LogP contribution in [-0.2, 0) is 0 Å². The largest absolute Gasteiger partial charge is 0.341 e. The second kappa shape index (κ2) is 4.20. The van der Waals surface area contributed by atoms with E-state index in [0.717, 1.165) is 23.6 Å². The van der Waals surface area contributed by atoms with Gasteiger partial charge in [-0.15, -0.1) is 11.8 Å². The molecular weight excluding hydrogens is 273 g/mol. The Kier molecular flexibility index (Phi) is 2.56. The summed E-state index contributed by atoms with van der Waals surface area (Å²) in [5.41, 5.74) is 1.76. The predicted molar refractivity (Wildman–Crippen MR) is 80.0 cm³/mol. The molecule has 2 unspecified atom stereocenters. The molecule has 0 fully saturated rings. The minimum Gasteiger partial charge on any atom is -0.341 e. The van der Waals surface area contributed by atoms with Crippen molar-refractivity contribution in [3.63, 3.8) is 0 Å². The summed E-state index contributed by atoms with van der Waals surface area (Å²) in [5, 5.41) is 5.83. The molecule has 1 spiro atoms. The van der Waals surface area contributed by atoms with E-state index in [0.29, 0.717) is 5.37 Å². The summed E-state index contributed by atoms with van der Waals surface area (Å²) in [7, 11) is 2.12. The fourth-order valence-corrected chi connectivity index (χ4v) is 4.14. The average Bonchev–Trinajstić information content (AvgIpc) is 3.03. The van der Waals surface area contributed by atoms with E-state index < -0.39 is 0 Å². The zero-order valence-corrected chi connectivity index (χ0v) is 11.8. The lowest BCUT2D eigenvalue weighted by Gasteiger charge is -2.38. The van der Waals surface area contributed by atoms with E-state index in [1.54, 1.807) is 23.9 Å². The van der Waals surface area contributed by atoms with E-state index in [4.69, 9.17) is 4.99 Å². The first-order valence-electron chi connectivity index (χ1n) is 6.56. The molecule has 1 aromatic carbocycles. The number of halogens is 1. The van der Waals surface area contributed by atoms with Gasteiger partial charge in [0.15, 0.2) is 0 Å². The summed E-state index contributed by atoms with van der Waals surface area (Å²) in [6.45, 7) is 0.912. The van der Waals surface area contributed by atoms with E-state index in [-0.39, 0.29) is 11.4 Å². The van der Waals surface area contributed by atoms with Crippen LogP contribution >= 0.6 is 11.8 Å². The van der Waals surface area contributed by atoms with Crippen molar-refractivity contribution in [2.75, 3.05) is 13.6 Å². The molecule has 3 aliphatic rings. The molecule has 1 N–H and O–H groups in total. The van der Waals surface area contributed by atoms with Gasteiger partial charge in [0.25, 0.3) is 0 Å². The molecule has 3 aliphatic heterocycles. The maximum Gasteiger partial charge on any atom is 0.146 e. The highest BCUT2D eigenvalue weighted by Crippen LogP contribution is 2.46. The molecule has 4 rings (SSSR count). The van der Waals surface area contributed by atoms with Crippen LogP contribution < -0.4 is 5.32 Å². The minimum absolute atomic E-state index is 0.226. The number of thioether (sulfide) groups is 1. The maximum atomic E-state index is 13.0. The van der Waals surface area contributed by atoms with Gasteiger partial charge < -0.3 is 5.32 Å². The van der Waals surface area contributed by atoms with Gasteiger partial charge in [-0.1, -0.05) is 0 Å². The fraction of sp³-hybridized carbons (Fsp3) is 0.267. The molecule has 2 atom stereocenters. The third-order valence-electron chi connectivity index (χ3n) is 3.99. The molecule has 3 nitrogen and oxygen atoms in total. The number of rotatable bonds is 1. The van der Waals surface area contributed by atoms with Crippen molar-refractivity contribution in [3.8, 4) is 0 Å². The number of nitrogens with one attached hydrogen (secondary N) is 1. The Balaban J connectivity index is 1.79. The second-order valence-corrected chi connectivity index (χ2v) is 6.26. The molecule has 0 amide bonds. The number of likely N-dealkylation sites (N-methyl/N-ethyl adjacent to an activating group) is 1. The number of amidine groups is 1. The Labute approximate surface area is 121 Å². The van der Waals surface area contributed by atoms with Crippen molar-refractivity contribution < 1.29 is 4.39 Å². The smallest absolute Gasteiger partial charge is 0.146 e. The van der Waals surface area contributed by atoms with Crippen molar-refractivity contribution in [3.05, 3.63) is 58.9 Å². The SMILES string of the molecule is CN1CC=C2NC(c3ccc(F)cc3)=NC23C=CSC13. The van der Waals surface area contributed by atoms with Gasteiger partial charge in [-0.3, -0.25) is 4.90 Å². The number of nitrogens with zero attached hydrogens (tertiary/aromatic N) is 2. The number of hydrogen-bond donors (Lipinski definition) is 1. The van der Waals surface area contributed by atoms with Crippen LogP contribution in [0.3, 0.4) is 0 Å². The quantitative estimate of drug-likeness (QED) is 0.859. The molecule has 1 aromatic rings. The van der Waals surface area contributed by atoms with Crippen molar-refractivity contribution in [1.82, 2.24) is 10.2 Å². The first-order chi connectivity index (χ1) is 9.69. The number of aliphatic imine (C=N–C) groups is 1. The third-order valence-corrected chi connectivity index (χ3v) is 5.26. The van der Waals surface area contributed by atoms with Crippen LogP contribution in [0.1, 0.15) is 5.56 Å². The fourth-order valence-electron chi connectivity index (χ4n) is 2.95. The van der Waals surface area contributed by atoms with E-state index in [9.17, 15) is 4.39 Å². The summed E-state index contributed by atoms with van der Waals surface area (Å²) in [6.07, 6.45) is 4.35. The first-order valence-corrected chi connectivity index (χ1v) is 7.50.